The minimum absolute atomic E-state index is 0.118. The molecule has 6 rings (SSSR count). The molecular formula is C35H36N8O2. The SMILES string of the molecule is [C-]#[N+]c1cccc(-c2ccc3nc(-c4cccnc4N)n(-c4ccc(CN5CCC(NC(=O)OC(C)(C)C)CC5)cc4)c3n2)c1. The van der Waals surface area contributed by atoms with Gasteiger partial charge in [0.2, 0.25) is 0 Å². The molecule has 1 fully saturated rings. The van der Waals surface area contributed by atoms with Crippen LogP contribution in [0, 0.1) is 6.57 Å². The number of benzene rings is 2. The van der Waals surface area contributed by atoms with Gasteiger partial charge in [0.25, 0.3) is 0 Å². The van der Waals surface area contributed by atoms with E-state index < -0.39 is 5.60 Å². The number of nitrogens with one attached hydrogen (secondary N) is 1. The summed E-state index contributed by atoms with van der Waals surface area (Å²) in [4.78, 5) is 32.4. The lowest BCUT2D eigenvalue weighted by Crippen LogP contribution is -2.45. The van der Waals surface area contributed by atoms with Gasteiger partial charge in [-0.15, -0.1) is 0 Å². The number of nitrogens with zero attached hydrogens (tertiary/aromatic N) is 6. The number of nitrogens with two attached hydrogens (primary N) is 1. The number of imidazole rings is 1. The Balaban J connectivity index is 1.25. The van der Waals surface area contributed by atoms with Gasteiger partial charge >= 0.3 is 6.09 Å². The normalized spacial score (nSPS) is 14.3. The van der Waals surface area contributed by atoms with E-state index in [9.17, 15) is 4.79 Å². The smallest absolute Gasteiger partial charge is 0.407 e. The molecule has 1 aliphatic rings. The molecular weight excluding hydrogens is 564 g/mol. The van der Waals surface area contributed by atoms with E-state index in [1.807, 2.05) is 67.8 Å². The van der Waals surface area contributed by atoms with Gasteiger partial charge < -0.3 is 15.8 Å². The number of amides is 1. The lowest BCUT2D eigenvalue weighted by atomic mass is 10.0. The van der Waals surface area contributed by atoms with Gasteiger partial charge in [0.05, 0.1) is 17.8 Å². The van der Waals surface area contributed by atoms with Gasteiger partial charge in [-0.25, -0.2) is 24.6 Å². The van der Waals surface area contributed by atoms with Crippen molar-refractivity contribution in [3.05, 3.63) is 96.0 Å². The molecule has 5 aromatic rings. The van der Waals surface area contributed by atoms with Gasteiger partial charge in [-0.1, -0.05) is 30.3 Å². The number of pyridine rings is 2. The number of carbonyl (C=O) groups excluding carboxylic acids is 1. The van der Waals surface area contributed by atoms with Crippen molar-refractivity contribution in [1.82, 2.24) is 29.7 Å². The number of ether oxygens (including phenoxy) is 1. The number of hydrogen-bond acceptors (Lipinski definition) is 7. The van der Waals surface area contributed by atoms with Crippen LogP contribution in [0.1, 0.15) is 39.2 Å². The lowest BCUT2D eigenvalue weighted by molar-refractivity contribution is 0.0477. The topological polar surface area (TPSA) is 116 Å². The first-order chi connectivity index (χ1) is 21.7. The van der Waals surface area contributed by atoms with Crippen molar-refractivity contribution in [2.45, 2.75) is 51.8 Å². The summed E-state index contributed by atoms with van der Waals surface area (Å²) in [6.45, 7) is 15.6. The Morgan fingerprint density at radius 1 is 1.04 bits per heavy atom. The predicted octanol–water partition coefficient (Wildman–Crippen LogP) is 6.77. The molecule has 1 amide bonds. The molecule has 10 heteroatoms. The van der Waals surface area contributed by atoms with Crippen LogP contribution >= 0.6 is 0 Å². The molecule has 3 aromatic heterocycles. The molecule has 45 heavy (non-hydrogen) atoms. The van der Waals surface area contributed by atoms with Crippen LogP contribution in [-0.4, -0.2) is 55.2 Å². The predicted molar refractivity (Wildman–Crippen MR) is 176 cm³/mol. The number of fused-ring (bicyclic) bond motifs is 1. The van der Waals surface area contributed by atoms with E-state index in [1.165, 1.54) is 5.56 Å². The molecule has 1 aliphatic heterocycles. The third-order valence-corrected chi connectivity index (χ3v) is 7.76. The summed E-state index contributed by atoms with van der Waals surface area (Å²) in [5, 5.41) is 3.01. The number of rotatable bonds is 6. The Hall–Kier alpha value is -5.27. The van der Waals surface area contributed by atoms with Gasteiger partial charge in [-0.3, -0.25) is 9.47 Å². The molecule has 2 aromatic carbocycles. The fourth-order valence-electron chi connectivity index (χ4n) is 5.60. The van der Waals surface area contributed by atoms with Gasteiger partial charge in [-0.05, 0) is 87.2 Å². The summed E-state index contributed by atoms with van der Waals surface area (Å²) in [5.41, 5.74) is 12.2. The third-order valence-electron chi connectivity index (χ3n) is 7.76. The van der Waals surface area contributed by atoms with Crippen LogP contribution in [0.4, 0.5) is 16.3 Å². The van der Waals surface area contributed by atoms with E-state index in [-0.39, 0.29) is 12.1 Å². The molecule has 228 valence electrons. The van der Waals surface area contributed by atoms with E-state index in [2.05, 4.69) is 44.3 Å². The summed E-state index contributed by atoms with van der Waals surface area (Å²) >= 11 is 0. The molecule has 0 spiro atoms. The summed E-state index contributed by atoms with van der Waals surface area (Å²) < 4.78 is 7.43. The number of aromatic nitrogens is 4. The Labute approximate surface area is 262 Å². The maximum atomic E-state index is 12.2. The molecule has 0 bridgehead atoms. The summed E-state index contributed by atoms with van der Waals surface area (Å²) in [6.07, 6.45) is 3.06. The van der Waals surface area contributed by atoms with Crippen molar-refractivity contribution in [2.75, 3.05) is 18.8 Å². The Morgan fingerprint density at radius 3 is 2.53 bits per heavy atom. The second-order valence-electron chi connectivity index (χ2n) is 12.3. The van der Waals surface area contributed by atoms with Crippen LogP contribution in [0.25, 0.3) is 44.3 Å². The number of hydrogen-bond donors (Lipinski definition) is 2. The molecule has 10 nitrogen and oxygen atoms in total. The maximum Gasteiger partial charge on any atom is 0.407 e. The molecule has 1 saturated heterocycles. The van der Waals surface area contributed by atoms with Gasteiger partial charge in [0, 0.05) is 37.6 Å². The monoisotopic (exact) mass is 600 g/mol. The number of piperidine rings is 1. The van der Waals surface area contributed by atoms with Crippen molar-refractivity contribution in [3.63, 3.8) is 0 Å². The number of nitrogen functional groups attached to an aromatic ring is 1. The number of alkyl carbamates (subject to hydrolysis) is 1. The first-order valence-electron chi connectivity index (χ1n) is 15.1. The molecule has 0 saturated carbocycles. The maximum absolute atomic E-state index is 12.2. The molecule has 4 heterocycles. The zero-order chi connectivity index (χ0) is 31.6. The molecule has 3 N–H and O–H groups in total. The van der Waals surface area contributed by atoms with Crippen LogP contribution in [0.15, 0.2) is 79.0 Å². The molecule has 0 atom stereocenters. The first kappa shape index (κ1) is 29.8. The van der Waals surface area contributed by atoms with Gasteiger partial charge in [0.1, 0.15) is 16.9 Å². The summed E-state index contributed by atoms with van der Waals surface area (Å²) in [7, 11) is 0. The quantitative estimate of drug-likeness (QED) is 0.207. The average molecular weight is 601 g/mol. The van der Waals surface area contributed by atoms with Crippen molar-refractivity contribution in [3.8, 4) is 28.3 Å². The van der Waals surface area contributed by atoms with E-state index >= 15 is 0 Å². The minimum Gasteiger partial charge on any atom is -0.444 e. The van der Waals surface area contributed by atoms with Gasteiger partial charge in [0.15, 0.2) is 17.2 Å². The number of carbonyl (C=O) groups is 1. The zero-order valence-electron chi connectivity index (χ0n) is 25.7. The Morgan fingerprint density at radius 2 is 1.82 bits per heavy atom. The lowest BCUT2D eigenvalue weighted by Gasteiger charge is -2.32. The third kappa shape index (κ3) is 6.79. The van der Waals surface area contributed by atoms with E-state index in [0.717, 1.165) is 60.5 Å². The summed E-state index contributed by atoms with van der Waals surface area (Å²) in [6, 6.07) is 23.6. The van der Waals surface area contributed by atoms with E-state index in [4.69, 9.17) is 27.0 Å². The Kier molecular flexibility index (Phi) is 8.20. The number of anilines is 1. The highest BCUT2D eigenvalue weighted by atomic mass is 16.6. The van der Waals surface area contributed by atoms with Crippen molar-refractivity contribution in [1.29, 1.82) is 0 Å². The van der Waals surface area contributed by atoms with Crippen LogP contribution in [0.3, 0.4) is 0 Å². The second-order valence-corrected chi connectivity index (χ2v) is 12.3. The average Bonchev–Trinajstić information content (AvgIpc) is 3.40. The van der Waals surface area contributed by atoms with Crippen LogP contribution < -0.4 is 11.1 Å². The van der Waals surface area contributed by atoms with Crippen LogP contribution in [-0.2, 0) is 11.3 Å². The molecule has 0 unspecified atom stereocenters. The Bertz CT molecular complexity index is 1880. The zero-order valence-corrected chi connectivity index (χ0v) is 25.7. The molecule has 0 aliphatic carbocycles. The highest BCUT2D eigenvalue weighted by molar-refractivity contribution is 5.84. The van der Waals surface area contributed by atoms with Gasteiger partial charge in [-0.2, -0.15) is 0 Å². The van der Waals surface area contributed by atoms with E-state index in [0.29, 0.717) is 23.0 Å². The van der Waals surface area contributed by atoms with Crippen LogP contribution in [0.2, 0.25) is 0 Å². The second kappa shape index (κ2) is 12.4. The standard InChI is InChI=1S/C35H36N8O2/c1-35(2,3)45-34(44)39-25-16-19-42(20-17-25)22-23-10-12-27(13-11-23)43-32(28-9-6-18-38-31(28)36)41-30-15-14-29(40-33(30)43)24-7-5-8-26(21-24)37-4/h5-15,18,21,25H,16-17,19-20,22H2,1-3H3,(H2,36,38)(H,39,44). The van der Waals surface area contributed by atoms with Crippen molar-refractivity contribution < 1.29 is 9.53 Å². The molecule has 0 radical (unpaired) electrons. The summed E-state index contributed by atoms with van der Waals surface area (Å²) in [5.74, 6) is 1.04. The van der Waals surface area contributed by atoms with Crippen LogP contribution in [0.5, 0.6) is 0 Å². The highest BCUT2D eigenvalue weighted by Crippen LogP contribution is 2.32. The fraction of sp³-hybridized carbons (Fsp3) is 0.286. The van der Waals surface area contributed by atoms with Crippen molar-refractivity contribution >= 4 is 28.8 Å². The van der Waals surface area contributed by atoms with E-state index in [1.54, 1.807) is 12.3 Å². The highest BCUT2D eigenvalue weighted by Gasteiger charge is 2.24. The number of likely N-dealkylation sites (tertiary alicyclic amines) is 1. The van der Waals surface area contributed by atoms with Crippen molar-refractivity contribution in [2.24, 2.45) is 0 Å². The fourth-order valence-corrected chi connectivity index (χ4v) is 5.60. The first-order valence-corrected chi connectivity index (χ1v) is 15.1. The largest absolute Gasteiger partial charge is 0.444 e. The minimum atomic E-state index is -0.505.